The van der Waals surface area contributed by atoms with Crippen LogP contribution in [0.15, 0.2) is 186 Å². The van der Waals surface area contributed by atoms with E-state index < -0.39 is 0 Å². The molecule has 0 radical (unpaired) electrons. The van der Waals surface area contributed by atoms with Crippen molar-refractivity contribution in [1.82, 2.24) is 0 Å². The van der Waals surface area contributed by atoms with Crippen molar-refractivity contribution >= 4 is 54.3 Å². The molecule has 0 aliphatic carbocycles. The van der Waals surface area contributed by atoms with E-state index in [0.717, 1.165) is 21.9 Å². The van der Waals surface area contributed by atoms with Crippen LogP contribution in [0.1, 0.15) is 0 Å². The van der Waals surface area contributed by atoms with E-state index in [9.17, 15) is 0 Å². The van der Waals surface area contributed by atoms with Gasteiger partial charge in [-0.3, -0.25) is 0 Å². The summed E-state index contributed by atoms with van der Waals surface area (Å²) in [5, 5.41) is 9.78. The van der Waals surface area contributed by atoms with Crippen molar-refractivity contribution in [2.75, 3.05) is 0 Å². The fraction of sp³-hybridized carbons (Fsp3) is 0. The van der Waals surface area contributed by atoms with Crippen LogP contribution in [0.5, 0.6) is 0 Å². The summed E-state index contributed by atoms with van der Waals surface area (Å²) in [6.45, 7) is 0. The molecule has 0 unspecified atom stereocenters. The molecule has 1 aromatic heterocycles. The van der Waals surface area contributed by atoms with Crippen LogP contribution in [0.4, 0.5) is 0 Å². The third kappa shape index (κ3) is 4.47. The summed E-state index contributed by atoms with van der Waals surface area (Å²) >= 11 is 0. The average Bonchev–Trinajstić information content (AvgIpc) is 3.55. The van der Waals surface area contributed by atoms with Gasteiger partial charge in [-0.2, -0.15) is 0 Å². The van der Waals surface area contributed by atoms with Crippen LogP contribution in [0.2, 0.25) is 0 Å². The molecule has 1 nitrogen and oxygen atoms in total. The fourth-order valence-corrected chi connectivity index (χ4v) is 7.80. The van der Waals surface area contributed by atoms with Crippen molar-refractivity contribution < 1.29 is 4.42 Å². The summed E-state index contributed by atoms with van der Waals surface area (Å²) in [7, 11) is 0. The maximum atomic E-state index is 6.18. The van der Waals surface area contributed by atoms with Crippen molar-refractivity contribution in [3.8, 4) is 44.5 Å². The van der Waals surface area contributed by atoms with Crippen molar-refractivity contribution in [2.45, 2.75) is 0 Å². The van der Waals surface area contributed by atoms with Gasteiger partial charge < -0.3 is 4.42 Å². The summed E-state index contributed by atoms with van der Waals surface area (Å²) < 4.78 is 6.18. The first-order chi connectivity index (χ1) is 24.3. The minimum absolute atomic E-state index is 0.911. The molecule has 1 heteroatoms. The number of hydrogen-bond acceptors (Lipinski definition) is 1. The van der Waals surface area contributed by atoms with E-state index in [1.165, 1.54) is 76.8 Å². The van der Waals surface area contributed by atoms with Crippen LogP contribution in [0.25, 0.3) is 98.8 Å². The molecule has 10 rings (SSSR count). The zero-order valence-electron chi connectivity index (χ0n) is 26.7. The molecule has 0 amide bonds. The highest BCUT2D eigenvalue weighted by molar-refractivity contribution is 6.22. The first-order valence-electron chi connectivity index (χ1n) is 16.8. The molecule has 49 heavy (non-hydrogen) atoms. The van der Waals surface area contributed by atoms with Gasteiger partial charge in [-0.1, -0.05) is 152 Å². The Morgan fingerprint density at radius 2 is 0.816 bits per heavy atom. The molecule has 0 atom stereocenters. The molecule has 0 saturated carbocycles. The summed E-state index contributed by atoms with van der Waals surface area (Å²) in [6, 6.07) is 65.9. The lowest BCUT2D eigenvalue weighted by Gasteiger charge is -2.20. The molecule has 0 bridgehead atoms. The third-order valence-electron chi connectivity index (χ3n) is 10.0. The van der Waals surface area contributed by atoms with Gasteiger partial charge in [-0.15, -0.1) is 0 Å². The number of furan rings is 1. The van der Waals surface area contributed by atoms with Gasteiger partial charge in [-0.25, -0.2) is 0 Å². The van der Waals surface area contributed by atoms with Gasteiger partial charge in [-0.05, 0) is 107 Å². The topological polar surface area (TPSA) is 13.1 Å². The number of rotatable bonds is 4. The zero-order valence-corrected chi connectivity index (χ0v) is 26.7. The molecular weight excluding hydrogens is 593 g/mol. The van der Waals surface area contributed by atoms with E-state index >= 15 is 0 Å². The van der Waals surface area contributed by atoms with Crippen molar-refractivity contribution in [3.63, 3.8) is 0 Å². The van der Waals surface area contributed by atoms with Crippen LogP contribution in [-0.4, -0.2) is 0 Å². The Morgan fingerprint density at radius 1 is 0.265 bits per heavy atom. The van der Waals surface area contributed by atoms with Crippen LogP contribution in [0.3, 0.4) is 0 Å². The Kier molecular flexibility index (Phi) is 6.25. The SMILES string of the molecule is c1cc(-c2ccc3ccccc3c2)cc(-c2c3ccccc3c(-c3ccccc3-c3ccc4oc5ccccc5c4c3)c3ccccc23)c1. The predicted octanol–water partition coefficient (Wildman–Crippen LogP) is 13.7. The highest BCUT2D eigenvalue weighted by atomic mass is 16.3. The van der Waals surface area contributed by atoms with Gasteiger partial charge in [0.25, 0.3) is 0 Å². The molecule has 0 spiro atoms. The third-order valence-corrected chi connectivity index (χ3v) is 10.0. The molecule has 0 fully saturated rings. The van der Waals surface area contributed by atoms with E-state index in [0.29, 0.717) is 0 Å². The summed E-state index contributed by atoms with van der Waals surface area (Å²) in [4.78, 5) is 0. The highest BCUT2D eigenvalue weighted by Gasteiger charge is 2.19. The average molecular weight is 623 g/mol. The van der Waals surface area contributed by atoms with Crippen molar-refractivity contribution in [2.24, 2.45) is 0 Å². The van der Waals surface area contributed by atoms with Gasteiger partial charge in [0.05, 0.1) is 0 Å². The van der Waals surface area contributed by atoms with E-state index in [1.807, 2.05) is 12.1 Å². The molecule has 9 aromatic carbocycles. The molecular formula is C48H30O. The van der Waals surface area contributed by atoms with Crippen LogP contribution < -0.4 is 0 Å². The largest absolute Gasteiger partial charge is 0.456 e. The maximum Gasteiger partial charge on any atom is 0.135 e. The summed E-state index contributed by atoms with van der Waals surface area (Å²) in [5.41, 5.74) is 11.6. The smallest absolute Gasteiger partial charge is 0.135 e. The van der Waals surface area contributed by atoms with Crippen LogP contribution in [0, 0.1) is 0 Å². The van der Waals surface area contributed by atoms with E-state index in [-0.39, 0.29) is 0 Å². The molecule has 0 N–H and O–H groups in total. The van der Waals surface area contributed by atoms with Gasteiger partial charge in [0.1, 0.15) is 11.2 Å². The molecule has 1 heterocycles. The fourth-order valence-electron chi connectivity index (χ4n) is 7.80. The van der Waals surface area contributed by atoms with Crippen molar-refractivity contribution in [3.05, 3.63) is 182 Å². The number of fused-ring (bicyclic) bond motifs is 6. The number of para-hydroxylation sites is 1. The second kappa shape index (κ2) is 11.1. The van der Waals surface area contributed by atoms with Gasteiger partial charge >= 0.3 is 0 Å². The number of benzene rings is 9. The first-order valence-corrected chi connectivity index (χ1v) is 16.8. The summed E-state index contributed by atoms with van der Waals surface area (Å²) in [5.74, 6) is 0. The quantitative estimate of drug-likeness (QED) is 0.178. The standard InChI is InChI=1S/C48H30O/c1-2-13-32-28-34(25-24-31(32)12-1)33-14-11-15-36(29-33)47-40-19-5-7-21-42(40)48(43-22-8-6-20-41(43)47)39-18-4-3-16-37(39)35-26-27-46-44(30-35)38-17-9-10-23-45(38)49-46/h1-30H. The second-order valence-corrected chi connectivity index (χ2v) is 12.8. The van der Waals surface area contributed by atoms with Gasteiger partial charge in [0, 0.05) is 10.8 Å². The first kappa shape index (κ1) is 27.7. The summed E-state index contributed by atoms with van der Waals surface area (Å²) in [6.07, 6.45) is 0. The Balaban J connectivity index is 1.20. The highest BCUT2D eigenvalue weighted by Crippen LogP contribution is 2.47. The van der Waals surface area contributed by atoms with Crippen LogP contribution in [-0.2, 0) is 0 Å². The van der Waals surface area contributed by atoms with E-state index in [4.69, 9.17) is 4.42 Å². The van der Waals surface area contributed by atoms with Crippen molar-refractivity contribution in [1.29, 1.82) is 0 Å². The van der Waals surface area contributed by atoms with Gasteiger partial charge in [0.2, 0.25) is 0 Å². The lowest BCUT2D eigenvalue weighted by atomic mass is 9.83. The molecule has 10 aromatic rings. The number of hydrogen-bond donors (Lipinski definition) is 0. The zero-order chi connectivity index (χ0) is 32.3. The monoisotopic (exact) mass is 622 g/mol. The Hall–Kier alpha value is -6.44. The normalized spacial score (nSPS) is 11.7. The molecule has 0 aliphatic rings. The van der Waals surface area contributed by atoms with Gasteiger partial charge in [0.15, 0.2) is 0 Å². The lowest BCUT2D eigenvalue weighted by Crippen LogP contribution is -1.93. The predicted molar refractivity (Wildman–Crippen MR) is 208 cm³/mol. The minimum atomic E-state index is 0.911. The Morgan fingerprint density at radius 3 is 1.59 bits per heavy atom. The molecule has 0 saturated heterocycles. The Bertz CT molecular complexity index is 2830. The lowest BCUT2D eigenvalue weighted by molar-refractivity contribution is 0.669. The Labute approximate surface area is 284 Å². The molecule has 0 aliphatic heterocycles. The maximum absolute atomic E-state index is 6.18. The molecule has 228 valence electrons. The van der Waals surface area contributed by atoms with E-state index in [2.05, 4.69) is 170 Å². The van der Waals surface area contributed by atoms with E-state index in [1.54, 1.807) is 0 Å². The van der Waals surface area contributed by atoms with Crippen LogP contribution >= 0.6 is 0 Å². The minimum Gasteiger partial charge on any atom is -0.456 e. The second-order valence-electron chi connectivity index (χ2n) is 12.8.